The Morgan fingerprint density at radius 2 is 2.00 bits per heavy atom. The third-order valence-corrected chi connectivity index (χ3v) is 2.23. The molecule has 0 radical (unpaired) electrons. The Balaban J connectivity index is 3.90. The number of nitrogens with two attached hydrogens (primary N) is 2. The van der Waals surface area contributed by atoms with Crippen LogP contribution in [-0.2, 0) is 14.4 Å². The van der Waals surface area contributed by atoms with E-state index >= 15 is 0 Å². The van der Waals surface area contributed by atoms with Crippen LogP contribution in [0.5, 0.6) is 0 Å². The minimum atomic E-state index is -1.15. The summed E-state index contributed by atoms with van der Waals surface area (Å²) in [6.07, 6.45) is 1.80. The van der Waals surface area contributed by atoms with Crippen molar-refractivity contribution in [3.8, 4) is 0 Å². The van der Waals surface area contributed by atoms with Gasteiger partial charge in [0, 0.05) is 6.42 Å². The Kier molecular flexibility index (Phi) is 7.91. The van der Waals surface area contributed by atoms with Crippen LogP contribution in [0.4, 0.5) is 0 Å². The van der Waals surface area contributed by atoms with Crippen molar-refractivity contribution in [3.63, 3.8) is 0 Å². The Hall–Kier alpha value is -1.47. The molecule has 0 aromatic heterocycles. The van der Waals surface area contributed by atoms with E-state index in [1.54, 1.807) is 0 Å². The van der Waals surface area contributed by atoms with Gasteiger partial charge in [0.25, 0.3) is 0 Å². The van der Waals surface area contributed by atoms with Crippen molar-refractivity contribution < 1.29 is 19.5 Å². The predicted octanol–water partition coefficient (Wildman–Crippen LogP) is -1.40. The lowest BCUT2D eigenvalue weighted by Crippen LogP contribution is -2.38. The number of nitrogens with one attached hydrogen (secondary N) is 1. The standard InChI is InChI=1S/C10H19N3O4/c11-5-1-2-7(6-14)13-9(15)4-3-8(12)10(16)17/h6-8H,1-5,11-12H2,(H,13,15)(H,16,17)/t7-,8-/m0/s1. The first-order valence-electron chi connectivity index (χ1n) is 5.44. The number of amides is 1. The van der Waals surface area contributed by atoms with Gasteiger partial charge < -0.3 is 26.7 Å². The van der Waals surface area contributed by atoms with Crippen LogP contribution in [0, 0.1) is 0 Å². The molecule has 17 heavy (non-hydrogen) atoms. The van der Waals surface area contributed by atoms with E-state index in [1.807, 2.05) is 0 Å². The largest absolute Gasteiger partial charge is 0.480 e. The smallest absolute Gasteiger partial charge is 0.320 e. The molecule has 2 atom stereocenters. The molecule has 0 rings (SSSR count). The van der Waals surface area contributed by atoms with Gasteiger partial charge in [-0.2, -0.15) is 0 Å². The van der Waals surface area contributed by atoms with E-state index in [4.69, 9.17) is 16.6 Å². The number of rotatable bonds is 9. The van der Waals surface area contributed by atoms with E-state index in [2.05, 4.69) is 5.32 Å². The van der Waals surface area contributed by atoms with Crippen molar-refractivity contribution >= 4 is 18.2 Å². The lowest BCUT2D eigenvalue weighted by molar-refractivity contribution is -0.138. The third-order valence-electron chi connectivity index (χ3n) is 2.23. The Bertz CT molecular complexity index is 270. The normalized spacial score (nSPS) is 13.8. The fourth-order valence-electron chi connectivity index (χ4n) is 1.20. The first-order chi connectivity index (χ1) is 8.01. The van der Waals surface area contributed by atoms with E-state index in [0.29, 0.717) is 25.7 Å². The molecule has 0 aliphatic carbocycles. The number of carboxylic acid groups (broad SMARTS) is 1. The molecule has 1 amide bonds. The highest BCUT2D eigenvalue weighted by molar-refractivity contribution is 5.80. The first-order valence-corrected chi connectivity index (χ1v) is 5.44. The number of aldehydes is 1. The second-order valence-corrected chi connectivity index (χ2v) is 3.72. The fraction of sp³-hybridized carbons (Fsp3) is 0.700. The molecule has 0 aliphatic heterocycles. The maximum atomic E-state index is 11.4. The number of hydrogen-bond acceptors (Lipinski definition) is 5. The summed E-state index contributed by atoms with van der Waals surface area (Å²) in [7, 11) is 0. The molecular formula is C10H19N3O4. The van der Waals surface area contributed by atoms with Crippen molar-refractivity contribution in [2.24, 2.45) is 11.5 Å². The molecular weight excluding hydrogens is 226 g/mol. The first kappa shape index (κ1) is 15.5. The van der Waals surface area contributed by atoms with E-state index < -0.39 is 18.1 Å². The summed E-state index contributed by atoms with van der Waals surface area (Å²) in [5, 5.41) is 11.0. The van der Waals surface area contributed by atoms with Crippen LogP contribution < -0.4 is 16.8 Å². The summed E-state index contributed by atoms with van der Waals surface area (Å²) in [4.78, 5) is 32.4. The number of aliphatic carboxylic acids is 1. The van der Waals surface area contributed by atoms with Gasteiger partial charge in [-0.3, -0.25) is 9.59 Å². The van der Waals surface area contributed by atoms with E-state index in [-0.39, 0.29) is 18.7 Å². The molecule has 98 valence electrons. The highest BCUT2D eigenvalue weighted by Gasteiger charge is 2.15. The van der Waals surface area contributed by atoms with E-state index in [0.717, 1.165) is 0 Å². The summed E-state index contributed by atoms with van der Waals surface area (Å²) >= 11 is 0. The SMILES string of the molecule is NCCC[C@@H](C=O)NC(=O)CC[C@H](N)C(=O)O. The zero-order valence-corrected chi connectivity index (χ0v) is 9.59. The minimum Gasteiger partial charge on any atom is -0.480 e. The molecule has 0 saturated heterocycles. The van der Waals surface area contributed by atoms with Crippen molar-refractivity contribution in [2.75, 3.05) is 6.54 Å². The van der Waals surface area contributed by atoms with Gasteiger partial charge in [-0.25, -0.2) is 0 Å². The topological polar surface area (TPSA) is 136 Å². The lowest BCUT2D eigenvalue weighted by atomic mass is 10.1. The van der Waals surface area contributed by atoms with Gasteiger partial charge in [-0.15, -0.1) is 0 Å². The molecule has 0 fully saturated rings. The van der Waals surface area contributed by atoms with Crippen LogP contribution >= 0.6 is 0 Å². The summed E-state index contributed by atoms with van der Waals surface area (Å²) < 4.78 is 0. The maximum absolute atomic E-state index is 11.4. The van der Waals surface area contributed by atoms with Crippen molar-refractivity contribution in [1.29, 1.82) is 0 Å². The fourth-order valence-corrected chi connectivity index (χ4v) is 1.20. The van der Waals surface area contributed by atoms with E-state index in [9.17, 15) is 14.4 Å². The van der Waals surface area contributed by atoms with Crippen LogP contribution in [0.2, 0.25) is 0 Å². The Morgan fingerprint density at radius 3 is 2.47 bits per heavy atom. The monoisotopic (exact) mass is 245 g/mol. The summed E-state index contributed by atoms with van der Waals surface area (Å²) in [5.41, 5.74) is 10.5. The van der Waals surface area contributed by atoms with Gasteiger partial charge in [0.1, 0.15) is 12.3 Å². The quantitative estimate of drug-likeness (QED) is 0.369. The molecule has 0 aliphatic rings. The Labute approximate surface area is 99.5 Å². The van der Waals surface area contributed by atoms with Crippen LogP contribution in [0.15, 0.2) is 0 Å². The third kappa shape index (κ3) is 7.42. The number of carboxylic acids is 1. The molecule has 7 nitrogen and oxygen atoms in total. The van der Waals surface area contributed by atoms with Gasteiger partial charge >= 0.3 is 5.97 Å². The molecule has 0 heterocycles. The molecule has 0 spiro atoms. The summed E-state index contributed by atoms with van der Waals surface area (Å²) in [6, 6.07) is -1.62. The molecule has 0 aromatic carbocycles. The van der Waals surface area contributed by atoms with E-state index in [1.165, 1.54) is 0 Å². The molecule has 0 aromatic rings. The number of hydrogen-bond donors (Lipinski definition) is 4. The average Bonchev–Trinajstić information content (AvgIpc) is 2.31. The highest BCUT2D eigenvalue weighted by Crippen LogP contribution is 1.98. The maximum Gasteiger partial charge on any atom is 0.320 e. The zero-order valence-electron chi connectivity index (χ0n) is 9.59. The molecule has 0 saturated carbocycles. The second-order valence-electron chi connectivity index (χ2n) is 3.72. The minimum absolute atomic E-state index is 0.0135. The number of carbonyl (C=O) groups is 3. The second kappa shape index (κ2) is 8.66. The zero-order chi connectivity index (χ0) is 13.3. The highest BCUT2D eigenvalue weighted by atomic mass is 16.4. The van der Waals surface area contributed by atoms with Gasteiger partial charge in [0.2, 0.25) is 5.91 Å². The van der Waals surface area contributed by atoms with Gasteiger partial charge in [0.05, 0.1) is 6.04 Å². The number of carbonyl (C=O) groups excluding carboxylic acids is 2. The molecule has 0 bridgehead atoms. The van der Waals surface area contributed by atoms with Crippen molar-refractivity contribution in [1.82, 2.24) is 5.32 Å². The Morgan fingerprint density at radius 1 is 1.35 bits per heavy atom. The van der Waals surface area contributed by atoms with Crippen molar-refractivity contribution in [3.05, 3.63) is 0 Å². The van der Waals surface area contributed by atoms with Crippen molar-refractivity contribution in [2.45, 2.75) is 37.8 Å². The predicted molar refractivity (Wildman–Crippen MR) is 61.1 cm³/mol. The van der Waals surface area contributed by atoms with Crippen LogP contribution in [0.3, 0.4) is 0 Å². The van der Waals surface area contributed by atoms with Gasteiger partial charge in [-0.05, 0) is 25.8 Å². The van der Waals surface area contributed by atoms with Crippen LogP contribution in [-0.4, -0.2) is 41.9 Å². The average molecular weight is 245 g/mol. The van der Waals surface area contributed by atoms with Crippen LogP contribution in [0.1, 0.15) is 25.7 Å². The summed E-state index contributed by atoms with van der Waals surface area (Å²) in [6.45, 7) is 0.449. The van der Waals surface area contributed by atoms with Gasteiger partial charge in [0.15, 0.2) is 0 Å². The molecule has 7 heteroatoms. The van der Waals surface area contributed by atoms with Gasteiger partial charge in [-0.1, -0.05) is 0 Å². The summed E-state index contributed by atoms with van der Waals surface area (Å²) in [5.74, 6) is -1.52. The lowest BCUT2D eigenvalue weighted by Gasteiger charge is -2.12. The molecule has 0 unspecified atom stereocenters. The molecule has 6 N–H and O–H groups in total. The van der Waals surface area contributed by atoms with Crippen LogP contribution in [0.25, 0.3) is 0 Å².